The van der Waals surface area contributed by atoms with Gasteiger partial charge < -0.3 is 9.84 Å². The Morgan fingerprint density at radius 3 is 2.29 bits per heavy atom. The Balaban J connectivity index is 1.84. The van der Waals surface area contributed by atoms with E-state index in [1.165, 1.54) is 12.1 Å². The molecule has 6 heteroatoms. The lowest BCUT2D eigenvalue weighted by Gasteiger charge is -2.23. The molecule has 0 amide bonds. The molecule has 0 heterocycles. The maximum Gasteiger partial charge on any atom is 0.296 e. The van der Waals surface area contributed by atoms with E-state index in [0.717, 1.165) is 5.56 Å². The first-order valence-corrected chi connectivity index (χ1v) is 9.06. The van der Waals surface area contributed by atoms with Crippen molar-refractivity contribution in [2.45, 2.75) is 30.8 Å². The highest BCUT2D eigenvalue weighted by atomic mass is 32.2. The van der Waals surface area contributed by atoms with E-state index in [-0.39, 0.29) is 24.5 Å². The Bertz CT molecular complexity index is 737. The molecule has 0 aliphatic heterocycles. The van der Waals surface area contributed by atoms with E-state index in [1.807, 2.05) is 25.1 Å². The number of ether oxygens (including phenoxy) is 1. The molecule has 0 bridgehead atoms. The number of hydrogen-bond donors (Lipinski definition) is 1. The molecule has 5 nitrogen and oxygen atoms in total. The van der Waals surface area contributed by atoms with Crippen LogP contribution in [0.15, 0.2) is 59.5 Å². The summed E-state index contributed by atoms with van der Waals surface area (Å²) in [6.45, 7) is 3.38. The van der Waals surface area contributed by atoms with Crippen molar-refractivity contribution < 1.29 is 22.4 Å². The number of aryl methyl sites for hydroxylation is 1. The van der Waals surface area contributed by atoms with Crippen LogP contribution in [-0.2, 0) is 14.3 Å². The van der Waals surface area contributed by atoms with Gasteiger partial charge in [0.1, 0.15) is 12.4 Å². The smallest absolute Gasteiger partial charge is 0.296 e. The van der Waals surface area contributed by atoms with Gasteiger partial charge in [0.15, 0.2) is 0 Å². The standard InChI is InChI=1S/C18H22O5S/c1-15-8-10-17(11-9-15)24(20,21)23-13-12-18(2,19)14-22-16-6-4-3-5-7-16/h3-11,19H,12-14H2,1-2H3. The van der Waals surface area contributed by atoms with E-state index in [0.29, 0.717) is 5.75 Å². The lowest BCUT2D eigenvalue weighted by molar-refractivity contribution is -0.00455. The topological polar surface area (TPSA) is 72.8 Å². The number of aliphatic hydroxyl groups is 1. The lowest BCUT2D eigenvalue weighted by atomic mass is 10.1. The molecule has 0 aromatic heterocycles. The van der Waals surface area contributed by atoms with E-state index in [1.54, 1.807) is 31.2 Å². The first kappa shape index (κ1) is 18.4. The summed E-state index contributed by atoms with van der Waals surface area (Å²) in [4.78, 5) is 0.105. The molecular weight excluding hydrogens is 328 g/mol. The van der Waals surface area contributed by atoms with Crippen LogP contribution in [0, 0.1) is 6.92 Å². The maximum absolute atomic E-state index is 12.1. The SMILES string of the molecule is Cc1ccc(S(=O)(=O)OCCC(C)(O)COc2ccccc2)cc1. The quantitative estimate of drug-likeness (QED) is 0.741. The summed E-state index contributed by atoms with van der Waals surface area (Å²) in [5.41, 5.74) is -0.228. The summed E-state index contributed by atoms with van der Waals surface area (Å²) in [5.74, 6) is 0.644. The third-order valence-electron chi connectivity index (χ3n) is 3.48. The van der Waals surface area contributed by atoms with Crippen LogP contribution in [0.5, 0.6) is 5.75 Å². The van der Waals surface area contributed by atoms with Crippen molar-refractivity contribution in [3.63, 3.8) is 0 Å². The number of benzene rings is 2. The van der Waals surface area contributed by atoms with Crippen LogP contribution in [0.3, 0.4) is 0 Å². The van der Waals surface area contributed by atoms with Crippen molar-refractivity contribution in [3.05, 3.63) is 60.2 Å². The maximum atomic E-state index is 12.1. The Hall–Kier alpha value is -1.89. The molecule has 1 atom stereocenters. The van der Waals surface area contributed by atoms with Gasteiger partial charge in [-0.25, -0.2) is 0 Å². The second kappa shape index (κ2) is 7.79. The van der Waals surface area contributed by atoms with Crippen LogP contribution < -0.4 is 4.74 Å². The third-order valence-corrected chi connectivity index (χ3v) is 4.81. The van der Waals surface area contributed by atoms with Gasteiger partial charge in [-0.15, -0.1) is 0 Å². The Kier molecular flexibility index (Phi) is 5.99. The van der Waals surface area contributed by atoms with Gasteiger partial charge in [0.05, 0.1) is 17.1 Å². The molecule has 2 aromatic rings. The number of hydrogen-bond acceptors (Lipinski definition) is 5. The summed E-state index contributed by atoms with van der Waals surface area (Å²) < 4.78 is 34.6. The predicted octanol–water partition coefficient (Wildman–Crippen LogP) is 2.92. The third kappa shape index (κ3) is 5.63. The zero-order chi connectivity index (χ0) is 17.6. The summed E-state index contributed by atoms with van der Waals surface area (Å²) in [6, 6.07) is 15.5. The zero-order valence-corrected chi connectivity index (χ0v) is 14.6. The van der Waals surface area contributed by atoms with E-state index in [9.17, 15) is 13.5 Å². The molecule has 0 aliphatic rings. The molecule has 24 heavy (non-hydrogen) atoms. The minimum absolute atomic E-state index is 0.0466. The highest BCUT2D eigenvalue weighted by Crippen LogP contribution is 2.17. The molecule has 0 saturated carbocycles. The van der Waals surface area contributed by atoms with Gasteiger partial charge in [-0.2, -0.15) is 8.42 Å². The van der Waals surface area contributed by atoms with E-state index in [2.05, 4.69) is 0 Å². The van der Waals surface area contributed by atoms with Gasteiger partial charge in [-0.3, -0.25) is 4.18 Å². The van der Waals surface area contributed by atoms with Crippen LogP contribution >= 0.6 is 0 Å². The molecule has 1 N–H and O–H groups in total. The average molecular weight is 350 g/mol. The Morgan fingerprint density at radius 2 is 1.67 bits per heavy atom. The molecule has 0 fully saturated rings. The fourth-order valence-corrected chi connectivity index (χ4v) is 2.88. The second-order valence-electron chi connectivity index (χ2n) is 5.94. The van der Waals surface area contributed by atoms with Crippen molar-refractivity contribution >= 4 is 10.1 Å². The van der Waals surface area contributed by atoms with Crippen molar-refractivity contribution in [2.24, 2.45) is 0 Å². The van der Waals surface area contributed by atoms with E-state index >= 15 is 0 Å². The van der Waals surface area contributed by atoms with Crippen molar-refractivity contribution in [3.8, 4) is 5.75 Å². The minimum Gasteiger partial charge on any atom is -0.491 e. The first-order valence-electron chi connectivity index (χ1n) is 7.65. The molecule has 2 aromatic carbocycles. The Morgan fingerprint density at radius 1 is 1.04 bits per heavy atom. The molecule has 1 unspecified atom stereocenters. The van der Waals surface area contributed by atoms with Gasteiger partial charge >= 0.3 is 0 Å². The molecule has 0 spiro atoms. The second-order valence-corrected chi connectivity index (χ2v) is 7.55. The molecule has 0 aliphatic carbocycles. The van der Waals surface area contributed by atoms with E-state index in [4.69, 9.17) is 8.92 Å². The van der Waals surface area contributed by atoms with Crippen molar-refractivity contribution in [1.82, 2.24) is 0 Å². The Labute approximate surface area is 143 Å². The fraction of sp³-hybridized carbons (Fsp3) is 0.333. The molecule has 0 radical (unpaired) electrons. The lowest BCUT2D eigenvalue weighted by Crippen LogP contribution is -2.34. The van der Waals surface area contributed by atoms with Crippen LogP contribution in [0.4, 0.5) is 0 Å². The van der Waals surface area contributed by atoms with Crippen LogP contribution in [0.2, 0.25) is 0 Å². The monoisotopic (exact) mass is 350 g/mol. The highest BCUT2D eigenvalue weighted by molar-refractivity contribution is 7.86. The first-order chi connectivity index (χ1) is 11.3. The molecule has 130 valence electrons. The molecule has 0 saturated heterocycles. The largest absolute Gasteiger partial charge is 0.491 e. The predicted molar refractivity (Wildman–Crippen MR) is 91.5 cm³/mol. The zero-order valence-electron chi connectivity index (χ0n) is 13.8. The van der Waals surface area contributed by atoms with Crippen molar-refractivity contribution in [2.75, 3.05) is 13.2 Å². The van der Waals surface area contributed by atoms with Gasteiger partial charge in [0.2, 0.25) is 0 Å². The van der Waals surface area contributed by atoms with Gasteiger partial charge in [0, 0.05) is 6.42 Å². The number of para-hydroxylation sites is 1. The fourth-order valence-electron chi connectivity index (χ4n) is 1.97. The normalized spacial score (nSPS) is 14.1. The van der Waals surface area contributed by atoms with Crippen LogP contribution in [0.1, 0.15) is 18.9 Å². The van der Waals surface area contributed by atoms with Gasteiger partial charge in [0.25, 0.3) is 10.1 Å². The summed E-state index contributed by atoms with van der Waals surface area (Å²) in [6.07, 6.45) is 0.130. The summed E-state index contributed by atoms with van der Waals surface area (Å²) in [7, 11) is -3.82. The van der Waals surface area contributed by atoms with Crippen LogP contribution in [-0.4, -0.2) is 32.3 Å². The van der Waals surface area contributed by atoms with Gasteiger partial charge in [-0.05, 0) is 38.1 Å². The molecule has 2 rings (SSSR count). The van der Waals surface area contributed by atoms with Crippen LogP contribution in [0.25, 0.3) is 0 Å². The number of rotatable bonds is 8. The molecular formula is C18H22O5S. The summed E-state index contributed by atoms with van der Waals surface area (Å²) in [5, 5.41) is 10.3. The van der Waals surface area contributed by atoms with Gasteiger partial charge in [-0.1, -0.05) is 35.9 Å². The van der Waals surface area contributed by atoms with Crippen molar-refractivity contribution in [1.29, 1.82) is 0 Å². The minimum atomic E-state index is -3.82. The average Bonchev–Trinajstić information content (AvgIpc) is 2.54. The van der Waals surface area contributed by atoms with E-state index < -0.39 is 15.7 Å². The highest BCUT2D eigenvalue weighted by Gasteiger charge is 2.23. The summed E-state index contributed by atoms with van der Waals surface area (Å²) >= 11 is 0.